The summed E-state index contributed by atoms with van der Waals surface area (Å²) in [6, 6.07) is 43.2. The Hall–Kier alpha value is -6.40. The summed E-state index contributed by atoms with van der Waals surface area (Å²) in [5.41, 5.74) is 10.7. The summed E-state index contributed by atoms with van der Waals surface area (Å²) in [4.78, 5) is 29.2. The van der Waals surface area contributed by atoms with Gasteiger partial charge in [0.25, 0.3) is 0 Å². The van der Waals surface area contributed by atoms with Crippen LogP contribution in [0, 0.1) is 0 Å². The van der Waals surface area contributed by atoms with Crippen LogP contribution in [0.25, 0.3) is 88.8 Å². The van der Waals surface area contributed by atoms with Crippen molar-refractivity contribution in [1.82, 2.24) is 29.9 Å². The minimum Gasteiger partial charge on any atom is -0.255 e. The molecule has 6 heteroatoms. The summed E-state index contributed by atoms with van der Waals surface area (Å²) in [5.74, 6) is 0. The van der Waals surface area contributed by atoms with E-state index >= 15 is 0 Å². The lowest BCUT2D eigenvalue weighted by Gasteiger charge is -2.13. The Balaban J connectivity index is 1.22. The van der Waals surface area contributed by atoms with Crippen LogP contribution in [-0.2, 0) is 0 Å². The Kier molecular flexibility index (Phi) is 6.03. The van der Waals surface area contributed by atoms with E-state index in [9.17, 15) is 0 Å². The van der Waals surface area contributed by atoms with E-state index in [-0.39, 0.29) is 0 Å². The molecule has 0 aliphatic heterocycles. The number of benzene rings is 3. The number of pyridine rings is 6. The molecule has 0 bridgehead atoms. The molecule has 0 amide bonds. The summed E-state index contributed by atoms with van der Waals surface area (Å²) >= 11 is 0. The van der Waals surface area contributed by atoms with Crippen molar-refractivity contribution in [3.8, 4) is 45.2 Å². The molecule has 0 unspecified atom stereocenters. The van der Waals surface area contributed by atoms with E-state index in [4.69, 9.17) is 15.0 Å². The molecule has 0 atom stereocenters. The fourth-order valence-electron chi connectivity index (χ4n) is 6.14. The highest BCUT2D eigenvalue weighted by Gasteiger charge is 2.16. The van der Waals surface area contributed by atoms with Crippen LogP contribution in [0.15, 0.2) is 146 Å². The Labute approximate surface area is 264 Å². The zero-order valence-electron chi connectivity index (χ0n) is 24.5. The Morgan fingerprint density at radius 1 is 0.348 bits per heavy atom. The summed E-state index contributed by atoms with van der Waals surface area (Å²) in [6.07, 6.45) is 5.40. The van der Waals surface area contributed by atoms with Crippen molar-refractivity contribution in [2.45, 2.75) is 0 Å². The third kappa shape index (κ3) is 4.43. The van der Waals surface area contributed by atoms with Crippen LogP contribution in [0.4, 0.5) is 0 Å². The van der Waals surface area contributed by atoms with Gasteiger partial charge in [-0.1, -0.05) is 72.8 Å². The highest BCUT2D eigenvalue weighted by molar-refractivity contribution is 6.15. The van der Waals surface area contributed by atoms with Crippen molar-refractivity contribution < 1.29 is 0 Å². The molecule has 0 saturated heterocycles. The highest BCUT2D eigenvalue weighted by atomic mass is 14.8. The van der Waals surface area contributed by atoms with Gasteiger partial charge in [-0.05, 0) is 65.7 Å². The average Bonchev–Trinajstić information content (AvgIpc) is 3.14. The Morgan fingerprint density at radius 3 is 1.76 bits per heavy atom. The highest BCUT2D eigenvalue weighted by Crippen LogP contribution is 2.36. The monoisotopic (exact) mass is 588 g/mol. The fraction of sp³-hybridized carbons (Fsp3) is 0. The quantitative estimate of drug-likeness (QED) is 0.151. The van der Waals surface area contributed by atoms with Crippen LogP contribution in [0.1, 0.15) is 0 Å². The van der Waals surface area contributed by atoms with Crippen LogP contribution in [0.3, 0.4) is 0 Å². The topological polar surface area (TPSA) is 77.3 Å². The Morgan fingerprint density at radius 2 is 1.02 bits per heavy atom. The first-order valence-corrected chi connectivity index (χ1v) is 15.1. The van der Waals surface area contributed by atoms with Gasteiger partial charge in [0.05, 0.1) is 50.5 Å². The third-order valence-corrected chi connectivity index (χ3v) is 8.38. The second-order valence-corrected chi connectivity index (χ2v) is 11.2. The average molecular weight is 589 g/mol. The number of hydrogen-bond acceptors (Lipinski definition) is 6. The summed E-state index contributed by atoms with van der Waals surface area (Å²) in [7, 11) is 0. The number of rotatable bonds is 4. The largest absolute Gasteiger partial charge is 0.255 e. The van der Waals surface area contributed by atoms with Gasteiger partial charge in [0.1, 0.15) is 0 Å². The maximum Gasteiger partial charge on any atom is 0.0980 e. The lowest BCUT2D eigenvalue weighted by atomic mass is 9.98. The van der Waals surface area contributed by atoms with Crippen LogP contribution < -0.4 is 0 Å². The molecule has 0 fully saturated rings. The van der Waals surface area contributed by atoms with Crippen molar-refractivity contribution in [1.29, 1.82) is 0 Å². The van der Waals surface area contributed by atoms with E-state index in [1.807, 2.05) is 54.7 Å². The Bertz CT molecular complexity index is 2510. The predicted octanol–water partition coefficient (Wildman–Crippen LogP) is 9.34. The van der Waals surface area contributed by atoms with Crippen LogP contribution >= 0.6 is 0 Å². The molecular formula is C40H24N6. The third-order valence-electron chi connectivity index (χ3n) is 8.38. The molecule has 3 aromatic carbocycles. The van der Waals surface area contributed by atoms with E-state index in [0.717, 1.165) is 88.8 Å². The van der Waals surface area contributed by atoms with Crippen molar-refractivity contribution in [3.63, 3.8) is 0 Å². The minimum absolute atomic E-state index is 0.793. The summed E-state index contributed by atoms with van der Waals surface area (Å²) in [6.45, 7) is 0. The van der Waals surface area contributed by atoms with E-state index in [1.54, 1.807) is 12.4 Å². The lowest BCUT2D eigenvalue weighted by molar-refractivity contribution is 1.22. The first-order chi connectivity index (χ1) is 22.8. The molecule has 6 nitrogen and oxygen atoms in total. The molecule has 214 valence electrons. The van der Waals surface area contributed by atoms with E-state index < -0.39 is 0 Å². The maximum atomic E-state index is 5.26. The standard InChI is InChI=1S/C40H24N6/c1-2-10-32-30(9-1)31-22-28-18-17-26-8-7-21-43-37(26)39(28)46-40(31)38(45-32)27-15-13-25(14-16-27)29-23-35(33-11-3-5-19-41-33)44-36(24-29)34-12-4-6-20-42-34/h1-24H. The SMILES string of the molecule is c1ccc(-c2cc(-c3ccc(-c4nc5ccccc5c5cc6ccc7cccnc7c6nc45)cc3)cc(-c3ccccn3)n2)nc1. The van der Waals surface area contributed by atoms with Gasteiger partial charge in [0, 0.05) is 45.7 Å². The minimum atomic E-state index is 0.793. The smallest absolute Gasteiger partial charge is 0.0980 e. The first-order valence-electron chi connectivity index (χ1n) is 15.1. The zero-order valence-corrected chi connectivity index (χ0v) is 24.5. The van der Waals surface area contributed by atoms with Crippen LogP contribution in [0.2, 0.25) is 0 Å². The van der Waals surface area contributed by atoms with Crippen molar-refractivity contribution in [3.05, 3.63) is 146 Å². The molecule has 46 heavy (non-hydrogen) atoms. The molecule has 9 aromatic rings. The summed E-state index contributed by atoms with van der Waals surface area (Å²) in [5, 5.41) is 4.27. The van der Waals surface area contributed by atoms with E-state index in [2.05, 4.69) is 93.8 Å². The van der Waals surface area contributed by atoms with Crippen LogP contribution in [0.5, 0.6) is 0 Å². The molecule has 0 aliphatic carbocycles. The van der Waals surface area contributed by atoms with Crippen molar-refractivity contribution in [2.24, 2.45) is 0 Å². The molecule has 6 heterocycles. The van der Waals surface area contributed by atoms with Gasteiger partial charge in [-0.3, -0.25) is 15.0 Å². The van der Waals surface area contributed by atoms with Crippen molar-refractivity contribution >= 4 is 43.6 Å². The predicted molar refractivity (Wildman–Crippen MR) is 185 cm³/mol. The van der Waals surface area contributed by atoms with E-state index in [1.165, 1.54) is 0 Å². The lowest BCUT2D eigenvalue weighted by Crippen LogP contribution is -1.95. The number of nitrogens with zero attached hydrogens (tertiary/aromatic N) is 6. The van der Waals surface area contributed by atoms with E-state index in [0.29, 0.717) is 0 Å². The number of fused-ring (bicyclic) bond motifs is 6. The molecule has 0 aliphatic rings. The molecule has 9 rings (SSSR count). The normalized spacial score (nSPS) is 11.5. The number of para-hydroxylation sites is 1. The number of hydrogen-bond donors (Lipinski definition) is 0. The van der Waals surface area contributed by atoms with Gasteiger partial charge in [0.2, 0.25) is 0 Å². The van der Waals surface area contributed by atoms with Gasteiger partial charge >= 0.3 is 0 Å². The molecule has 0 spiro atoms. The fourth-order valence-corrected chi connectivity index (χ4v) is 6.14. The van der Waals surface area contributed by atoms with Gasteiger partial charge in [-0.2, -0.15) is 0 Å². The molecule has 6 aromatic heterocycles. The molecule has 0 N–H and O–H groups in total. The summed E-state index contributed by atoms with van der Waals surface area (Å²) < 4.78 is 0. The first kappa shape index (κ1) is 26.0. The second-order valence-electron chi connectivity index (χ2n) is 11.2. The van der Waals surface area contributed by atoms with Gasteiger partial charge in [-0.25, -0.2) is 15.0 Å². The van der Waals surface area contributed by atoms with Gasteiger partial charge < -0.3 is 0 Å². The maximum absolute atomic E-state index is 5.26. The van der Waals surface area contributed by atoms with Crippen LogP contribution in [-0.4, -0.2) is 29.9 Å². The van der Waals surface area contributed by atoms with Gasteiger partial charge in [-0.15, -0.1) is 0 Å². The van der Waals surface area contributed by atoms with Gasteiger partial charge in [0.15, 0.2) is 0 Å². The number of aromatic nitrogens is 6. The molecular weight excluding hydrogens is 564 g/mol. The van der Waals surface area contributed by atoms with Crippen molar-refractivity contribution in [2.75, 3.05) is 0 Å². The second kappa shape index (κ2) is 10.6. The molecule has 0 saturated carbocycles. The zero-order chi connectivity index (χ0) is 30.5. The molecule has 0 radical (unpaired) electrons.